The normalized spacial score (nSPS) is 11.1. The molecule has 0 unspecified atom stereocenters. The predicted molar refractivity (Wildman–Crippen MR) is 93.0 cm³/mol. The largest absolute Gasteiger partial charge is 0.326 e. The maximum Gasteiger partial charge on any atom is 0.232 e. The van der Waals surface area contributed by atoms with Crippen LogP contribution in [-0.4, -0.2) is 27.1 Å². The molecule has 0 aliphatic heterocycles. The molecule has 1 amide bonds. The Kier molecular flexibility index (Phi) is 5.56. The molecule has 0 aliphatic rings. The van der Waals surface area contributed by atoms with Crippen LogP contribution in [0, 0.1) is 12.7 Å². The summed E-state index contributed by atoms with van der Waals surface area (Å²) in [6.45, 7) is 1.80. The molecule has 0 bridgehead atoms. The molecule has 5 nitrogen and oxygen atoms in total. The molecule has 2 aromatic carbocycles. The van der Waals surface area contributed by atoms with E-state index in [0.717, 1.165) is 22.2 Å². The Bertz CT molecular complexity index is 837. The van der Waals surface area contributed by atoms with Crippen molar-refractivity contribution in [2.24, 2.45) is 0 Å². The maximum absolute atomic E-state index is 13.3. The standard InChI is InChI=1S/C17H19FN2O3S/c1-13-6-3-4-9-16(13)19-17(21)10-11-20(24(2,22)23)15-8-5-7-14(18)12-15/h3-9,12H,10-11H2,1-2H3,(H,19,21). The van der Waals surface area contributed by atoms with E-state index in [2.05, 4.69) is 5.32 Å². The quantitative estimate of drug-likeness (QED) is 0.871. The molecular weight excluding hydrogens is 331 g/mol. The Hall–Kier alpha value is -2.41. The van der Waals surface area contributed by atoms with Crippen LogP contribution < -0.4 is 9.62 Å². The van der Waals surface area contributed by atoms with Crippen molar-refractivity contribution >= 4 is 27.3 Å². The van der Waals surface area contributed by atoms with Gasteiger partial charge in [-0.1, -0.05) is 24.3 Å². The van der Waals surface area contributed by atoms with Gasteiger partial charge in [0.15, 0.2) is 0 Å². The molecule has 0 aliphatic carbocycles. The van der Waals surface area contributed by atoms with Gasteiger partial charge < -0.3 is 5.32 Å². The number of carbonyl (C=O) groups is 1. The van der Waals surface area contributed by atoms with Gasteiger partial charge in [0.25, 0.3) is 0 Å². The van der Waals surface area contributed by atoms with Crippen LogP contribution in [-0.2, 0) is 14.8 Å². The van der Waals surface area contributed by atoms with E-state index in [-0.39, 0.29) is 24.6 Å². The van der Waals surface area contributed by atoms with Crippen LogP contribution >= 0.6 is 0 Å². The molecular formula is C17H19FN2O3S. The fourth-order valence-electron chi connectivity index (χ4n) is 2.25. The number of hydrogen-bond donors (Lipinski definition) is 1. The van der Waals surface area contributed by atoms with E-state index in [0.29, 0.717) is 5.69 Å². The van der Waals surface area contributed by atoms with Crippen molar-refractivity contribution in [2.45, 2.75) is 13.3 Å². The summed E-state index contributed by atoms with van der Waals surface area (Å²) >= 11 is 0. The highest BCUT2D eigenvalue weighted by Gasteiger charge is 2.19. The topological polar surface area (TPSA) is 66.5 Å². The van der Waals surface area contributed by atoms with Crippen molar-refractivity contribution in [3.05, 3.63) is 59.9 Å². The highest BCUT2D eigenvalue weighted by atomic mass is 32.2. The summed E-state index contributed by atoms with van der Waals surface area (Å²) in [7, 11) is -3.62. The van der Waals surface area contributed by atoms with Crippen LogP contribution in [0.5, 0.6) is 0 Å². The lowest BCUT2D eigenvalue weighted by Crippen LogP contribution is -2.33. The Balaban J connectivity index is 2.09. The number of anilines is 2. The zero-order valence-electron chi connectivity index (χ0n) is 13.5. The Morgan fingerprint density at radius 1 is 1.17 bits per heavy atom. The van der Waals surface area contributed by atoms with Crippen molar-refractivity contribution in [1.82, 2.24) is 0 Å². The number of carbonyl (C=O) groups excluding carboxylic acids is 1. The first-order chi connectivity index (χ1) is 11.3. The van der Waals surface area contributed by atoms with Crippen LogP contribution in [0.3, 0.4) is 0 Å². The zero-order valence-corrected chi connectivity index (χ0v) is 14.3. The molecule has 0 aromatic heterocycles. The molecule has 0 spiro atoms. The fraction of sp³-hybridized carbons (Fsp3) is 0.235. The molecule has 0 atom stereocenters. The van der Waals surface area contributed by atoms with Crippen molar-refractivity contribution < 1.29 is 17.6 Å². The minimum atomic E-state index is -3.62. The second kappa shape index (κ2) is 7.44. The van der Waals surface area contributed by atoms with Crippen LogP contribution in [0.15, 0.2) is 48.5 Å². The van der Waals surface area contributed by atoms with Gasteiger partial charge in [-0.05, 0) is 36.8 Å². The monoisotopic (exact) mass is 350 g/mol. The molecule has 2 aromatic rings. The second-order valence-corrected chi connectivity index (χ2v) is 7.33. The molecule has 128 valence electrons. The molecule has 7 heteroatoms. The lowest BCUT2D eigenvalue weighted by molar-refractivity contribution is -0.116. The molecule has 1 N–H and O–H groups in total. The second-order valence-electron chi connectivity index (χ2n) is 5.43. The van der Waals surface area contributed by atoms with Crippen LogP contribution in [0.25, 0.3) is 0 Å². The van der Waals surface area contributed by atoms with Crippen LogP contribution in [0.1, 0.15) is 12.0 Å². The number of halogens is 1. The number of sulfonamides is 1. The molecule has 0 heterocycles. The van der Waals surface area contributed by atoms with Crippen molar-refractivity contribution in [3.63, 3.8) is 0 Å². The number of benzene rings is 2. The van der Waals surface area contributed by atoms with Gasteiger partial charge in [-0.2, -0.15) is 0 Å². The average Bonchev–Trinajstić information content (AvgIpc) is 2.48. The number of nitrogens with zero attached hydrogens (tertiary/aromatic N) is 1. The van der Waals surface area contributed by atoms with Crippen molar-refractivity contribution in [3.8, 4) is 0 Å². The highest BCUT2D eigenvalue weighted by Crippen LogP contribution is 2.19. The van der Waals surface area contributed by atoms with Crippen molar-refractivity contribution in [1.29, 1.82) is 0 Å². The SMILES string of the molecule is Cc1ccccc1NC(=O)CCN(c1cccc(F)c1)S(C)(=O)=O. The Morgan fingerprint density at radius 2 is 1.88 bits per heavy atom. The third-order valence-corrected chi connectivity index (χ3v) is 4.65. The first-order valence-corrected chi connectivity index (χ1v) is 9.21. The fourth-order valence-corrected chi connectivity index (χ4v) is 3.17. The van der Waals surface area contributed by atoms with Gasteiger partial charge in [0, 0.05) is 18.7 Å². The predicted octanol–water partition coefficient (Wildman–Crippen LogP) is 2.93. The smallest absolute Gasteiger partial charge is 0.232 e. The van der Waals surface area contributed by atoms with Gasteiger partial charge in [0.05, 0.1) is 11.9 Å². The van der Waals surface area contributed by atoms with Crippen LogP contribution in [0.4, 0.5) is 15.8 Å². The Labute approximate surface area is 141 Å². The Morgan fingerprint density at radius 3 is 2.50 bits per heavy atom. The molecule has 0 saturated carbocycles. The summed E-state index contributed by atoms with van der Waals surface area (Å²) in [6.07, 6.45) is 0.981. The molecule has 24 heavy (non-hydrogen) atoms. The van der Waals surface area contributed by atoms with Gasteiger partial charge in [-0.15, -0.1) is 0 Å². The number of aryl methyl sites for hydroxylation is 1. The van der Waals surface area contributed by atoms with E-state index in [9.17, 15) is 17.6 Å². The van der Waals surface area contributed by atoms with E-state index in [1.165, 1.54) is 18.2 Å². The lowest BCUT2D eigenvalue weighted by Gasteiger charge is -2.22. The summed E-state index contributed by atoms with van der Waals surface area (Å²) < 4.78 is 38.2. The number of rotatable bonds is 6. The van der Waals surface area contributed by atoms with Gasteiger partial charge in [-0.3, -0.25) is 9.10 Å². The lowest BCUT2D eigenvalue weighted by atomic mass is 10.2. The van der Waals surface area contributed by atoms with Crippen molar-refractivity contribution in [2.75, 3.05) is 22.4 Å². The maximum atomic E-state index is 13.3. The first kappa shape index (κ1) is 17.9. The summed E-state index contributed by atoms with van der Waals surface area (Å²) in [5.41, 5.74) is 1.79. The van der Waals surface area contributed by atoms with Gasteiger partial charge in [-0.25, -0.2) is 12.8 Å². The van der Waals surface area contributed by atoms with Gasteiger partial charge >= 0.3 is 0 Å². The average molecular weight is 350 g/mol. The number of nitrogens with one attached hydrogen (secondary N) is 1. The van der Waals surface area contributed by atoms with E-state index in [1.807, 2.05) is 19.1 Å². The minimum Gasteiger partial charge on any atom is -0.326 e. The molecule has 2 rings (SSSR count). The van der Waals surface area contributed by atoms with Gasteiger partial charge in [0.2, 0.25) is 15.9 Å². The summed E-state index contributed by atoms with van der Waals surface area (Å²) in [4.78, 5) is 12.1. The van der Waals surface area contributed by atoms with E-state index >= 15 is 0 Å². The highest BCUT2D eigenvalue weighted by molar-refractivity contribution is 7.92. The third kappa shape index (κ3) is 4.79. The van der Waals surface area contributed by atoms with E-state index in [4.69, 9.17) is 0 Å². The minimum absolute atomic E-state index is 0.0437. The van der Waals surface area contributed by atoms with Gasteiger partial charge in [0.1, 0.15) is 5.82 Å². The number of para-hydroxylation sites is 1. The van der Waals surface area contributed by atoms with E-state index < -0.39 is 15.8 Å². The molecule has 0 fully saturated rings. The van der Waals surface area contributed by atoms with Crippen LogP contribution in [0.2, 0.25) is 0 Å². The first-order valence-electron chi connectivity index (χ1n) is 7.36. The van der Waals surface area contributed by atoms with E-state index in [1.54, 1.807) is 12.1 Å². The molecule has 0 saturated heterocycles. The summed E-state index contributed by atoms with van der Waals surface area (Å²) in [5, 5.41) is 2.75. The summed E-state index contributed by atoms with van der Waals surface area (Å²) in [5.74, 6) is -0.847. The molecule has 0 radical (unpaired) electrons. The number of amides is 1. The summed E-state index contributed by atoms with van der Waals surface area (Å²) in [6, 6.07) is 12.6. The number of hydrogen-bond acceptors (Lipinski definition) is 3. The zero-order chi connectivity index (χ0) is 17.7. The third-order valence-electron chi connectivity index (χ3n) is 3.46.